The fourth-order valence-corrected chi connectivity index (χ4v) is 3.01. The number of aromatic nitrogens is 2. The Morgan fingerprint density at radius 2 is 1.88 bits per heavy atom. The number of rotatable bonds is 4. The van der Waals surface area contributed by atoms with E-state index in [-0.39, 0.29) is 11.5 Å². The number of hydrogen-bond acceptors (Lipinski definition) is 4. The van der Waals surface area contributed by atoms with Gasteiger partial charge in [-0.25, -0.2) is 13.9 Å². The Bertz CT molecular complexity index is 799. The van der Waals surface area contributed by atoms with Gasteiger partial charge < -0.3 is 10.5 Å². The molecule has 1 aromatic carbocycles. The number of halogens is 1. The van der Waals surface area contributed by atoms with Crippen LogP contribution in [-0.4, -0.2) is 27.8 Å². The fourth-order valence-electron chi connectivity index (χ4n) is 3.01. The highest BCUT2D eigenvalue weighted by atomic mass is 19.1. The van der Waals surface area contributed by atoms with Crippen LogP contribution in [0.25, 0.3) is 5.69 Å². The summed E-state index contributed by atoms with van der Waals surface area (Å²) in [5.74, 6) is -1.71. The summed E-state index contributed by atoms with van der Waals surface area (Å²) in [6.45, 7) is 1.43. The van der Waals surface area contributed by atoms with Gasteiger partial charge in [-0.2, -0.15) is 5.10 Å². The lowest BCUT2D eigenvalue weighted by Gasteiger charge is -2.08. The summed E-state index contributed by atoms with van der Waals surface area (Å²) in [5, 5.41) is 4.41. The number of fused-ring (bicyclic) bond motifs is 1. The Morgan fingerprint density at radius 3 is 2.56 bits per heavy atom. The third kappa shape index (κ3) is 3.55. The number of esters is 1. The summed E-state index contributed by atoms with van der Waals surface area (Å²) in [6.07, 6.45) is 3.47. The molecule has 2 N–H and O–H groups in total. The maximum absolute atomic E-state index is 13.2. The third-order valence-electron chi connectivity index (χ3n) is 4.38. The van der Waals surface area contributed by atoms with Gasteiger partial charge in [0.05, 0.1) is 5.69 Å². The average Bonchev–Trinajstić information content (AvgIpc) is 2.77. The molecule has 132 valence electrons. The first kappa shape index (κ1) is 17.1. The quantitative estimate of drug-likeness (QED) is 0.680. The lowest BCUT2D eigenvalue weighted by atomic mass is 10.1. The molecule has 3 rings (SSSR count). The minimum absolute atomic E-state index is 0.203. The number of carbonyl (C=O) groups is 2. The van der Waals surface area contributed by atoms with Gasteiger partial charge in [0.25, 0.3) is 5.91 Å². The third-order valence-corrected chi connectivity index (χ3v) is 4.38. The first-order chi connectivity index (χ1) is 12.0. The van der Waals surface area contributed by atoms with Crippen LogP contribution in [0.5, 0.6) is 0 Å². The van der Waals surface area contributed by atoms with Gasteiger partial charge in [-0.05, 0) is 56.9 Å². The van der Waals surface area contributed by atoms with E-state index in [0.29, 0.717) is 12.1 Å². The van der Waals surface area contributed by atoms with Gasteiger partial charge in [-0.3, -0.25) is 4.79 Å². The van der Waals surface area contributed by atoms with Crippen molar-refractivity contribution in [2.45, 2.75) is 45.1 Å². The summed E-state index contributed by atoms with van der Waals surface area (Å²) in [6, 6.07) is 5.95. The van der Waals surface area contributed by atoms with E-state index in [2.05, 4.69) is 5.10 Å². The predicted molar refractivity (Wildman–Crippen MR) is 88.9 cm³/mol. The van der Waals surface area contributed by atoms with Crippen LogP contribution in [0.3, 0.4) is 0 Å². The van der Waals surface area contributed by atoms with Crippen molar-refractivity contribution in [2.24, 2.45) is 5.73 Å². The van der Waals surface area contributed by atoms with E-state index in [4.69, 9.17) is 10.5 Å². The monoisotopic (exact) mass is 345 g/mol. The standard InChI is InChI=1S/C18H20FN3O3/c1-11(17(20)23)25-18(24)16-14-5-3-2-4-6-15(14)22(21-16)13-9-7-12(19)8-10-13/h7-11H,2-6H2,1H3,(H2,20,23)/t11-/m1/s1. The Hall–Kier alpha value is -2.70. The molecule has 0 aliphatic heterocycles. The smallest absolute Gasteiger partial charge is 0.359 e. The van der Waals surface area contributed by atoms with Crippen LogP contribution in [-0.2, 0) is 22.4 Å². The molecule has 1 heterocycles. The van der Waals surface area contributed by atoms with Crippen molar-refractivity contribution in [1.29, 1.82) is 0 Å². The highest BCUT2D eigenvalue weighted by Crippen LogP contribution is 2.27. The van der Waals surface area contributed by atoms with Gasteiger partial charge >= 0.3 is 5.97 Å². The van der Waals surface area contributed by atoms with Crippen molar-refractivity contribution in [3.63, 3.8) is 0 Å². The second-order valence-corrected chi connectivity index (χ2v) is 6.17. The van der Waals surface area contributed by atoms with Crippen LogP contribution in [0, 0.1) is 5.82 Å². The van der Waals surface area contributed by atoms with E-state index < -0.39 is 18.0 Å². The molecule has 0 radical (unpaired) electrons. The van der Waals surface area contributed by atoms with E-state index in [0.717, 1.165) is 36.9 Å². The molecule has 6 nitrogen and oxygen atoms in total. The second-order valence-electron chi connectivity index (χ2n) is 6.17. The van der Waals surface area contributed by atoms with Gasteiger partial charge in [0.1, 0.15) is 5.82 Å². The lowest BCUT2D eigenvalue weighted by molar-refractivity contribution is -0.125. The van der Waals surface area contributed by atoms with E-state index in [9.17, 15) is 14.0 Å². The molecular weight excluding hydrogens is 325 g/mol. The molecule has 1 atom stereocenters. The number of nitrogens with two attached hydrogens (primary N) is 1. The summed E-state index contributed by atoms with van der Waals surface area (Å²) < 4.78 is 20.0. The number of nitrogens with zero attached hydrogens (tertiary/aromatic N) is 2. The maximum atomic E-state index is 13.2. The highest BCUT2D eigenvalue weighted by Gasteiger charge is 2.27. The summed E-state index contributed by atoms with van der Waals surface area (Å²) >= 11 is 0. The first-order valence-electron chi connectivity index (χ1n) is 8.34. The number of amides is 1. The molecule has 2 aromatic rings. The number of carbonyl (C=O) groups excluding carboxylic acids is 2. The number of hydrogen-bond donors (Lipinski definition) is 1. The van der Waals surface area contributed by atoms with E-state index >= 15 is 0 Å². The van der Waals surface area contributed by atoms with Crippen LogP contribution >= 0.6 is 0 Å². The lowest BCUT2D eigenvalue weighted by Crippen LogP contribution is -2.30. The highest BCUT2D eigenvalue weighted by molar-refractivity contribution is 5.92. The molecule has 0 fully saturated rings. The van der Waals surface area contributed by atoms with Crippen LogP contribution in [0.1, 0.15) is 47.9 Å². The Kier molecular flexibility index (Phi) is 4.83. The van der Waals surface area contributed by atoms with Gasteiger partial charge in [0, 0.05) is 11.3 Å². The van der Waals surface area contributed by atoms with Crippen molar-refractivity contribution in [3.8, 4) is 5.69 Å². The van der Waals surface area contributed by atoms with Crippen LogP contribution in [0.2, 0.25) is 0 Å². The second kappa shape index (κ2) is 7.04. The molecule has 25 heavy (non-hydrogen) atoms. The van der Waals surface area contributed by atoms with Gasteiger partial charge in [0.2, 0.25) is 0 Å². The number of benzene rings is 1. The van der Waals surface area contributed by atoms with Crippen molar-refractivity contribution in [3.05, 3.63) is 47.0 Å². The molecular formula is C18H20FN3O3. The minimum Gasteiger partial charge on any atom is -0.448 e. The van der Waals surface area contributed by atoms with Crippen molar-refractivity contribution < 1.29 is 18.7 Å². The molecule has 1 aromatic heterocycles. The molecule has 1 amide bonds. The van der Waals surface area contributed by atoms with Crippen molar-refractivity contribution >= 4 is 11.9 Å². The summed E-state index contributed by atoms with van der Waals surface area (Å²) in [4.78, 5) is 23.6. The molecule has 0 saturated heterocycles. The van der Waals surface area contributed by atoms with Crippen LogP contribution in [0.15, 0.2) is 24.3 Å². The number of primary amides is 1. The van der Waals surface area contributed by atoms with Gasteiger partial charge in [-0.15, -0.1) is 0 Å². The molecule has 0 bridgehead atoms. The topological polar surface area (TPSA) is 87.2 Å². The molecule has 0 saturated carbocycles. The zero-order chi connectivity index (χ0) is 18.0. The Morgan fingerprint density at radius 1 is 1.20 bits per heavy atom. The Labute approximate surface area is 144 Å². The molecule has 0 spiro atoms. The molecule has 1 aliphatic rings. The largest absolute Gasteiger partial charge is 0.448 e. The predicted octanol–water partition coefficient (Wildman–Crippen LogP) is 2.31. The zero-order valence-corrected chi connectivity index (χ0v) is 14.0. The maximum Gasteiger partial charge on any atom is 0.359 e. The van der Waals surface area contributed by atoms with E-state index in [1.165, 1.54) is 19.1 Å². The summed E-state index contributed by atoms with van der Waals surface area (Å²) in [7, 11) is 0. The molecule has 7 heteroatoms. The SMILES string of the molecule is C[C@@H](OC(=O)c1nn(-c2ccc(F)cc2)c2c1CCCCC2)C(N)=O. The average molecular weight is 345 g/mol. The van der Waals surface area contributed by atoms with E-state index in [1.807, 2.05) is 0 Å². The van der Waals surface area contributed by atoms with Gasteiger partial charge in [-0.1, -0.05) is 6.42 Å². The van der Waals surface area contributed by atoms with Gasteiger partial charge in [0.15, 0.2) is 11.8 Å². The van der Waals surface area contributed by atoms with Crippen LogP contribution < -0.4 is 5.73 Å². The fraction of sp³-hybridized carbons (Fsp3) is 0.389. The normalized spacial score (nSPS) is 15.1. The molecule has 0 unspecified atom stereocenters. The first-order valence-corrected chi connectivity index (χ1v) is 8.34. The van der Waals surface area contributed by atoms with Crippen LogP contribution in [0.4, 0.5) is 4.39 Å². The van der Waals surface area contributed by atoms with Crippen molar-refractivity contribution in [1.82, 2.24) is 9.78 Å². The number of ether oxygens (including phenoxy) is 1. The molecule has 1 aliphatic carbocycles. The summed E-state index contributed by atoms with van der Waals surface area (Å²) in [5.41, 5.74) is 7.81. The van der Waals surface area contributed by atoms with Crippen molar-refractivity contribution in [2.75, 3.05) is 0 Å². The van der Waals surface area contributed by atoms with E-state index in [1.54, 1.807) is 16.8 Å². The zero-order valence-electron chi connectivity index (χ0n) is 14.0. The minimum atomic E-state index is -1.02. The Balaban J connectivity index is 2.02.